The van der Waals surface area contributed by atoms with Gasteiger partial charge in [0, 0.05) is 5.41 Å². The van der Waals surface area contributed by atoms with Crippen LogP contribution in [0.3, 0.4) is 0 Å². The van der Waals surface area contributed by atoms with Crippen LogP contribution in [0, 0.1) is 5.41 Å². The van der Waals surface area contributed by atoms with Crippen LogP contribution in [0.5, 0.6) is 0 Å². The van der Waals surface area contributed by atoms with Gasteiger partial charge in [0.05, 0.1) is 21.2 Å². The van der Waals surface area contributed by atoms with Gasteiger partial charge in [0.1, 0.15) is 13.2 Å². The Morgan fingerprint density at radius 3 is 1.24 bits per heavy atom. The highest BCUT2D eigenvalue weighted by Crippen LogP contribution is 2.28. The lowest BCUT2D eigenvalue weighted by Crippen LogP contribution is -2.33. The smallest absolute Gasteiger partial charge is 0.432 e. The molecular weight excluding hydrogens is 588 g/mol. The van der Waals surface area contributed by atoms with Crippen molar-refractivity contribution in [1.29, 1.82) is 0 Å². The molecule has 0 saturated carbocycles. The summed E-state index contributed by atoms with van der Waals surface area (Å²) in [7, 11) is 0. The third kappa shape index (κ3) is 14.0. The Labute approximate surface area is 263 Å². The van der Waals surface area contributed by atoms with Crippen LogP contribution in [0.25, 0.3) is 0 Å². The van der Waals surface area contributed by atoms with E-state index in [1.807, 2.05) is 24.3 Å². The van der Waals surface area contributed by atoms with Gasteiger partial charge in [0.25, 0.3) is 0 Å². The monoisotopic (exact) mass is 632 g/mol. The van der Waals surface area contributed by atoms with E-state index < -0.39 is 29.7 Å². The molecule has 0 heterocycles. The van der Waals surface area contributed by atoms with Crippen molar-refractivity contribution >= 4 is 24.2 Å². The SMILES string of the molecule is CCCCCc1ccc(C(=O)OOOC(=O)OCC(CC)(CC)COC(=O)OOOC(=O)c2ccc(CCCCC)cc2)cc1. The van der Waals surface area contributed by atoms with Gasteiger partial charge in [-0.05, 0) is 73.9 Å². The van der Waals surface area contributed by atoms with Crippen molar-refractivity contribution in [2.75, 3.05) is 13.2 Å². The summed E-state index contributed by atoms with van der Waals surface area (Å²) in [6, 6.07) is 13.7. The van der Waals surface area contributed by atoms with Crippen LogP contribution >= 0.6 is 0 Å². The third-order valence-corrected chi connectivity index (χ3v) is 7.43. The van der Waals surface area contributed by atoms with Gasteiger partial charge in [-0.15, -0.1) is 0 Å². The zero-order valence-corrected chi connectivity index (χ0v) is 26.5. The van der Waals surface area contributed by atoms with E-state index in [0.29, 0.717) is 12.8 Å². The summed E-state index contributed by atoms with van der Waals surface area (Å²) in [5.74, 6) is -1.70. The average molecular weight is 633 g/mol. The number of aryl methyl sites for hydroxylation is 2. The molecule has 0 aliphatic carbocycles. The molecule has 0 aromatic heterocycles. The molecule has 0 fully saturated rings. The van der Waals surface area contributed by atoms with Crippen molar-refractivity contribution in [3.63, 3.8) is 0 Å². The zero-order valence-electron chi connectivity index (χ0n) is 26.5. The number of carbonyl (C=O) groups excluding carboxylic acids is 4. The molecule has 0 spiro atoms. The van der Waals surface area contributed by atoms with Gasteiger partial charge < -0.3 is 9.47 Å². The van der Waals surface area contributed by atoms with Crippen LogP contribution in [0.1, 0.15) is 111 Å². The molecule has 0 aliphatic rings. The van der Waals surface area contributed by atoms with Crippen molar-refractivity contribution in [2.24, 2.45) is 5.41 Å². The summed E-state index contributed by atoms with van der Waals surface area (Å²) in [6.07, 6.45) is 6.77. The fourth-order valence-corrected chi connectivity index (χ4v) is 4.19. The van der Waals surface area contributed by atoms with Crippen molar-refractivity contribution in [2.45, 2.75) is 91.9 Å². The van der Waals surface area contributed by atoms with E-state index in [9.17, 15) is 19.2 Å². The predicted octanol–water partition coefficient (Wildman–Crippen LogP) is 7.97. The molecule has 0 atom stereocenters. The van der Waals surface area contributed by atoms with Gasteiger partial charge in [-0.3, -0.25) is 9.78 Å². The highest BCUT2D eigenvalue weighted by atomic mass is 17.5. The van der Waals surface area contributed by atoms with E-state index in [2.05, 4.69) is 43.5 Å². The van der Waals surface area contributed by atoms with E-state index in [1.165, 1.54) is 0 Å². The van der Waals surface area contributed by atoms with Gasteiger partial charge in [-0.25, -0.2) is 29.0 Å². The first-order chi connectivity index (χ1) is 21.8. The first kappa shape index (κ1) is 37.0. The molecule has 248 valence electrons. The number of hydrogen-bond donors (Lipinski definition) is 0. The molecule has 12 nitrogen and oxygen atoms in total. The minimum Gasteiger partial charge on any atom is -0.432 e. The first-order valence-electron chi connectivity index (χ1n) is 15.4. The van der Waals surface area contributed by atoms with E-state index in [0.717, 1.165) is 62.5 Å². The van der Waals surface area contributed by atoms with Gasteiger partial charge in [-0.1, -0.05) is 77.6 Å². The van der Waals surface area contributed by atoms with Crippen LogP contribution in [-0.4, -0.2) is 37.5 Å². The fraction of sp³-hybridized carbons (Fsp3) is 0.515. The van der Waals surface area contributed by atoms with E-state index >= 15 is 0 Å². The summed E-state index contributed by atoms with van der Waals surface area (Å²) >= 11 is 0. The molecule has 45 heavy (non-hydrogen) atoms. The van der Waals surface area contributed by atoms with Crippen LogP contribution < -0.4 is 0 Å². The average Bonchev–Trinajstić information content (AvgIpc) is 3.06. The van der Waals surface area contributed by atoms with Crippen LogP contribution in [0.15, 0.2) is 48.5 Å². The minimum atomic E-state index is -1.27. The van der Waals surface area contributed by atoms with E-state index in [4.69, 9.17) is 9.47 Å². The van der Waals surface area contributed by atoms with Crippen molar-refractivity contribution in [3.8, 4) is 0 Å². The fourth-order valence-electron chi connectivity index (χ4n) is 4.19. The van der Waals surface area contributed by atoms with E-state index in [1.54, 1.807) is 38.1 Å². The Hall–Kier alpha value is -4.16. The molecule has 0 amide bonds. The highest BCUT2D eigenvalue weighted by molar-refractivity contribution is 5.89. The number of ether oxygens (including phenoxy) is 2. The van der Waals surface area contributed by atoms with Crippen molar-refractivity contribution in [1.82, 2.24) is 0 Å². The third-order valence-electron chi connectivity index (χ3n) is 7.43. The lowest BCUT2D eigenvalue weighted by Gasteiger charge is -2.29. The topological polar surface area (TPSA) is 142 Å². The summed E-state index contributed by atoms with van der Waals surface area (Å²) in [6.45, 7) is 7.40. The molecule has 12 heteroatoms. The van der Waals surface area contributed by atoms with Crippen LogP contribution in [-0.2, 0) is 51.9 Å². The normalized spacial score (nSPS) is 10.9. The number of rotatable bonds is 20. The second-order valence-corrected chi connectivity index (χ2v) is 10.6. The predicted molar refractivity (Wildman–Crippen MR) is 160 cm³/mol. The Balaban J connectivity index is 1.68. The summed E-state index contributed by atoms with van der Waals surface area (Å²) in [4.78, 5) is 66.0. The standard InChI is InChI=1S/C33H44O12/c1-5-9-11-13-25-15-19-27(20-16-25)29(34)40-44-42-31(36)38-23-33(7-3,8-4)24-39-32(37)43-45-41-30(35)28-21-17-26(18-22-28)14-12-10-6-2/h15-22H,5-14,23-24H2,1-4H3. The Morgan fingerprint density at radius 1 is 0.533 bits per heavy atom. The molecule has 0 radical (unpaired) electrons. The largest absolute Gasteiger partial charge is 0.543 e. The lowest BCUT2D eigenvalue weighted by atomic mass is 9.84. The van der Waals surface area contributed by atoms with Crippen LogP contribution in [0.2, 0.25) is 0 Å². The highest BCUT2D eigenvalue weighted by Gasteiger charge is 2.31. The Morgan fingerprint density at radius 2 is 0.911 bits per heavy atom. The van der Waals surface area contributed by atoms with Crippen LogP contribution in [0.4, 0.5) is 9.59 Å². The van der Waals surface area contributed by atoms with Gasteiger partial charge in [0.2, 0.25) is 0 Å². The molecule has 0 N–H and O–H groups in total. The summed E-state index contributed by atoms with van der Waals surface area (Å²) in [5.41, 5.74) is 1.81. The van der Waals surface area contributed by atoms with Crippen molar-refractivity contribution < 1.29 is 58.3 Å². The number of unbranched alkanes of at least 4 members (excludes halogenated alkanes) is 4. The molecule has 2 aromatic carbocycles. The quantitative estimate of drug-likeness (QED) is 0.0604. The second-order valence-electron chi connectivity index (χ2n) is 10.6. The van der Waals surface area contributed by atoms with Gasteiger partial charge in [0.15, 0.2) is 0 Å². The summed E-state index contributed by atoms with van der Waals surface area (Å²) in [5, 5.41) is 8.57. The maximum absolute atomic E-state index is 12.1. The Bertz CT molecular complexity index is 1080. The molecule has 2 rings (SSSR count). The van der Waals surface area contributed by atoms with Gasteiger partial charge >= 0.3 is 24.2 Å². The minimum absolute atomic E-state index is 0.219. The summed E-state index contributed by atoms with van der Waals surface area (Å²) < 4.78 is 10.1. The number of hydrogen-bond acceptors (Lipinski definition) is 12. The second kappa shape index (κ2) is 20.7. The first-order valence-corrected chi connectivity index (χ1v) is 15.4. The van der Waals surface area contributed by atoms with Gasteiger partial charge in [-0.2, -0.15) is 0 Å². The number of benzene rings is 2. The number of carbonyl (C=O) groups is 4. The molecule has 0 aliphatic heterocycles. The molecule has 2 aromatic rings. The lowest BCUT2D eigenvalue weighted by molar-refractivity contribution is -0.453. The maximum Gasteiger partial charge on any atom is 0.543 e. The molecule has 0 saturated heterocycles. The zero-order chi connectivity index (χ0) is 32.9. The van der Waals surface area contributed by atoms with Crippen molar-refractivity contribution in [3.05, 3.63) is 70.8 Å². The molecule has 0 bridgehead atoms. The van der Waals surface area contributed by atoms with E-state index in [-0.39, 0.29) is 24.3 Å². The molecule has 0 unspecified atom stereocenters. The molecular formula is C33H44O12. The maximum atomic E-state index is 12.1. The Kier molecular flexibility index (Phi) is 17.1.